The summed E-state index contributed by atoms with van der Waals surface area (Å²) < 4.78 is 4.94. The van der Waals surface area contributed by atoms with E-state index in [9.17, 15) is 0 Å². The number of hydrogen-bond donors (Lipinski definition) is 1. The molecule has 0 radical (unpaired) electrons. The van der Waals surface area contributed by atoms with Crippen LogP contribution in [0.2, 0.25) is 0 Å². The minimum Gasteiger partial charge on any atom is -0.412 e. The monoisotopic (exact) mass is 122 g/mol. The van der Waals surface area contributed by atoms with Gasteiger partial charge in [-0.1, -0.05) is 0 Å². The normalized spacial score (nSPS) is 9.00. The number of aliphatic hydroxyl groups excluding tert-OH is 1. The fraction of sp³-hybridized carbons (Fsp3) is 1.00. The summed E-state index contributed by atoms with van der Waals surface area (Å²) in [6.07, 6.45) is 0.243. The van der Waals surface area contributed by atoms with Crippen LogP contribution in [-0.4, -0.2) is 29.9 Å². The van der Waals surface area contributed by atoms with Gasteiger partial charge >= 0.3 is 0 Å². The molecule has 0 heterocycles. The molecule has 0 rings (SSSR count). The number of rotatable bonds is 3. The van der Waals surface area contributed by atoms with Crippen molar-refractivity contribution in [3.8, 4) is 0 Å². The zero-order valence-electron chi connectivity index (χ0n) is 5.35. The van der Waals surface area contributed by atoms with Crippen LogP contribution in [0, 0.1) is 0 Å². The molecule has 52 valence electrons. The average molecular weight is 122 g/mol. The Balaban J connectivity index is 0. The lowest BCUT2D eigenvalue weighted by atomic mass is 10.5. The molecule has 0 aliphatic carbocycles. The van der Waals surface area contributed by atoms with E-state index in [-0.39, 0.29) is 18.2 Å². The minimum absolute atomic E-state index is 0. The summed E-state index contributed by atoms with van der Waals surface area (Å²) >= 11 is 0. The van der Waals surface area contributed by atoms with E-state index in [0.717, 1.165) is 0 Å². The predicted octanol–water partition coefficient (Wildman–Crippen LogP) is -0.421. The maximum Gasteiger partial charge on any atom is 0.0701 e. The van der Waals surface area contributed by atoms with E-state index < -0.39 is 0 Å². The Bertz CT molecular complexity index is 36.7. The first-order chi connectivity index (χ1) is 3.27. The smallest absolute Gasteiger partial charge is 0.0701 e. The summed E-state index contributed by atoms with van der Waals surface area (Å²) in [5.41, 5.74) is 0. The molecule has 0 aliphatic rings. The third kappa shape index (κ3) is 9.30. The van der Waals surface area contributed by atoms with Gasteiger partial charge in [-0.3, -0.25) is 0 Å². The van der Waals surface area contributed by atoms with Crippen LogP contribution in [0.5, 0.6) is 0 Å². The van der Waals surface area contributed by atoms with E-state index in [0.29, 0.717) is 6.61 Å². The molecule has 3 nitrogen and oxygen atoms in total. The van der Waals surface area contributed by atoms with E-state index in [1.165, 1.54) is 0 Å². The van der Waals surface area contributed by atoms with E-state index in [1.54, 1.807) is 0 Å². The molecule has 0 spiro atoms. The zero-order valence-corrected chi connectivity index (χ0v) is 5.35. The Morgan fingerprint density at radius 1 is 1.50 bits per heavy atom. The predicted molar refractivity (Wildman–Crippen MR) is 31.8 cm³/mol. The molecular weight excluding hydrogens is 108 g/mol. The fourth-order valence-corrected chi connectivity index (χ4v) is 0.288. The highest BCUT2D eigenvalue weighted by Crippen LogP contribution is 1.83. The van der Waals surface area contributed by atoms with Crippen molar-refractivity contribution in [3.63, 3.8) is 0 Å². The summed E-state index contributed by atoms with van der Waals surface area (Å²) in [4.78, 5) is 0. The van der Waals surface area contributed by atoms with Crippen LogP contribution in [0.1, 0.15) is 13.8 Å². The second-order valence-corrected chi connectivity index (χ2v) is 1.64. The van der Waals surface area contributed by atoms with Gasteiger partial charge in [0.25, 0.3) is 0 Å². The third-order valence-electron chi connectivity index (χ3n) is 0.542. The summed E-state index contributed by atoms with van der Waals surface area (Å²) in [6, 6.07) is 0. The van der Waals surface area contributed by atoms with Crippen molar-refractivity contribution in [2.45, 2.75) is 20.0 Å². The van der Waals surface area contributed by atoms with E-state index >= 15 is 0 Å². The van der Waals surface area contributed by atoms with Gasteiger partial charge < -0.3 is 15.3 Å². The van der Waals surface area contributed by atoms with Crippen LogP contribution in [0.25, 0.3) is 0 Å². The van der Waals surface area contributed by atoms with Gasteiger partial charge in [-0.25, -0.2) is 0 Å². The molecule has 3 heteroatoms. The first kappa shape index (κ1) is 10.8. The van der Waals surface area contributed by atoms with Gasteiger partial charge in [0.1, 0.15) is 0 Å². The molecule has 0 saturated carbocycles. The van der Waals surface area contributed by atoms with Crippen molar-refractivity contribution >= 4 is 0 Å². The van der Waals surface area contributed by atoms with Gasteiger partial charge in [0.05, 0.1) is 19.3 Å². The first-order valence-electron chi connectivity index (χ1n) is 2.50. The standard InChI is InChI=1S/C5H12O2.H2O/c1-5(2)7-4-3-6;/h5-6H,3-4H2,1-2H3;1H2. The molecule has 0 aromatic rings. The molecule has 0 unspecified atom stereocenters. The van der Waals surface area contributed by atoms with Crippen LogP contribution in [0.15, 0.2) is 0 Å². The van der Waals surface area contributed by atoms with Gasteiger partial charge in [-0.15, -0.1) is 0 Å². The highest BCUT2D eigenvalue weighted by Gasteiger charge is 1.87. The molecule has 8 heavy (non-hydrogen) atoms. The summed E-state index contributed by atoms with van der Waals surface area (Å²) in [6.45, 7) is 4.46. The topological polar surface area (TPSA) is 61.0 Å². The lowest BCUT2D eigenvalue weighted by Crippen LogP contribution is -2.06. The van der Waals surface area contributed by atoms with Gasteiger partial charge in [0, 0.05) is 0 Å². The van der Waals surface area contributed by atoms with Crippen LogP contribution < -0.4 is 0 Å². The molecule has 0 aromatic heterocycles. The van der Waals surface area contributed by atoms with Crippen LogP contribution in [0.3, 0.4) is 0 Å². The number of aliphatic hydroxyl groups is 1. The van der Waals surface area contributed by atoms with Crippen molar-refractivity contribution in [3.05, 3.63) is 0 Å². The van der Waals surface area contributed by atoms with Crippen LogP contribution in [0.4, 0.5) is 0 Å². The van der Waals surface area contributed by atoms with E-state index in [1.807, 2.05) is 13.8 Å². The minimum atomic E-state index is 0. The Labute approximate surface area is 49.6 Å². The Kier molecular flexibility index (Phi) is 9.28. The molecule has 0 saturated heterocycles. The second kappa shape index (κ2) is 6.88. The SMILES string of the molecule is CC(C)OCCO.O. The molecular formula is C5H14O3. The molecule has 0 aromatic carbocycles. The van der Waals surface area contributed by atoms with Crippen molar-refractivity contribution in [1.29, 1.82) is 0 Å². The third-order valence-corrected chi connectivity index (χ3v) is 0.542. The summed E-state index contributed by atoms with van der Waals surface area (Å²) in [5.74, 6) is 0. The van der Waals surface area contributed by atoms with E-state index in [4.69, 9.17) is 9.84 Å². The summed E-state index contributed by atoms with van der Waals surface area (Å²) in [5, 5.41) is 8.19. The molecule has 0 amide bonds. The largest absolute Gasteiger partial charge is 0.412 e. The van der Waals surface area contributed by atoms with Gasteiger partial charge in [-0.05, 0) is 13.8 Å². The van der Waals surface area contributed by atoms with Crippen LogP contribution >= 0.6 is 0 Å². The first-order valence-corrected chi connectivity index (χ1v) is 2.50. The highest BCUT2D eigenvalue weighted by atomic mass is 16.5. The van der Waals surface area contributed by atoms with Gasteiger partial charge in [0.15, 0.2) is 0 Å². The maximum absolute atomic E-state index is 8.19. The molecule has 0 aliphatic heterocycles. The molecule has 0 fully saturated rings. The van der Waals surface area contributed by atoms with Crippen molar-refractivity contribution in [2.75, 3.05) is 13.2 Å². The fourth-order valence-electron chi connectivity index (χ4n) is 0.288. The van der Waals surface area contributed by atoms with Crippen LogP contribution in [-0.2, 0) is 4.74 Å². The quantitative estimate of drug-likeness (QED) is 0.552. The van der Waals surface area contributed by atoms with Crippen molar-refractivity contribution in [2.24, 2.45) is 0 Å². The van der Waals surface area contributed by atoms with Gasteiger partial charge in [-0.2, -0.15) is 0 Å². The van der Waals surface area contributed by atoms with Crippen molar-refractivity contribution < 1.29 is 15.3 Å². The Morgan fingerprint density at radius 2 is 2.00 bits per heavy atom. The molecule has 3 N–H and O–H groups in total. The number of hydrogen-bond acceptors (Lipinski definition) is 2. The maximum atomic E-state index is 8.19. The van der Waals surface area contributed by atoms with Gasteiger partial charge in [0.2, 0.25) is 0 Å². The zero-order chi connectivity index (χ0) is 5.70. The van der Waals surface area contributed by atoms with Crippen molar-refractivity contribution in [1.82, 2.24) is 0 Å². The lowest BCUT2D eigenvalue weighted by Gasteiger charge is -2.02. The van der Waals surface area contributed by atoms with E-state index in [2.05, 4.69) is 0 Å². The number of ether oxygens (including phenoxy) is 1. The Morgan fingerprint density at radius 3 is 2.12 bits per heavy atom. The lowest BCUT2D eigenvalue weighted by molar-refractivity contribution is 0.0494. The highest BCUT2D eigenvalue weighted by molar-refractivity contribution is 4.33. The Hall–Kier alpha value is -0.120. The summed E-state index contributed by atoms with van der Waals surface area (Å²) in [7, 11) is 0. The second-order valence-electron chi connectivity index (χ2n) is 1.64. The molecule has 0 atom stereocenters. The average Bonchev–Trinajstić information content (AvgIpc) is 1.61. The molecule has 0 bridgehead atoms.